The highest BCUT2D eigenvalue weighted by atomic mass is 79.9. The number of aromatic nitrogens is 4. The minimum Gasteiger partial charge on any atom is -0.220 e. The number of nitrogens with zero attached hydrogens (tertiary/aromatic N) is 4. The molecule has 0 N–H and O–H groups in total. The maximum Gasteiger partial charge on any atom is 0.175 e. The average Bonchev–Trinajstić information content (AvgIpc) is 2.76. The Morgan fingerprint density at radius 2 is 2.25 bits per heavy atom. The van der Waals surface area contributed by atoms with Gasteiger partial charge in [-0.05, 0) is 12.1 Å². The molecule has 0 aliphatic carbocycles. The van der Waals surface area contributed by atoms with Crippen LogP contribution in [0.15, 0.2) is 30.6 Å². The molecule has 0 aliphatic heterocycles. The summed E-state index contributed by atoms with van der Waals surface area (Å²) >= 11 is 8.97. The van der Waals surface area contributed by atoms with Gasteiger partial charge >= 0.3 is 0 Å². The van der Waals surface area contributed by atoms with E-state index in [9.17, 15) is 0 Å². The van der Waals surface area contributed by atoms with Gasteiger partial charge in [-0.15, -0.1) is 10.2 Å². The second kappa shape index (κ2) is 5.23. The van der Waals surface area contributed by atoms with Crippen molar-refractivity contribution in [2.24, 2.45) is 0 Å². The molecule has 0 atom stereocenters. The van der Waals surface area contributed by atoms with E-state index in [1.165, 1.54) is 0 Å². The Kier molecular flexibility index (Phi) is 3.69. The van der Waals surface area contributed by atoms with E-state index in [1.54, 1.807) is 23.0 Å². The van der Waals surface area contributed by atoms with Crippen molar-refractivity contribution in [2.75, 3.05) is 5.33 Å². The Morgan fingerprint density at radius 1 is 1.38 bits per heavy atom. The van der Waals surface area contributed by atoms with Gasteiger partial charge in [-0.3, -0.25) is 0 Å². The zero-order chi connectivity index (χ0) is 11.4. The molecule has 0 unspecified atom stereocenters. The van der Waals surface area contributed by atoms with Crippen LogP contribution in [0.25, 0.3) is 11.9 Å². The Balaban J connectivity index is 2.24. The summed E-state index contributed by atoms with van der Waals surface area (Å²) in [5.74, 6) is 0.642. The summed E-state index contributed by atoms with van der Waals surface area (Å²) < 4.78 is 1.65. The molecule has 0 saturated heterocycles. The zero-order valence-electron chi connectivity index (χ0n) is 8.22. The molecule has 0 radical (unpaired) electrons. The predicted octanol–water partition coefficient (Wildman–Crippen LogP) is 2.72. The van der Waals surface area contributed by atoms with Gasteiger partial charge in [0.05, 0.1) is 6.20 Å². The van der Waals surface area contributed by atoms with Crippen molar-refractivity contribution < 1.29 is 0 Å². The summed E-state index contributed by atoms with van der Waals surface area (Å²) in [5.41, 5.74) is 1.01. The van der Waals surface area contributed by atoms with E-state index >= 15 is 0 Å². The fourth-order valence-electron chi connectivity index (χ4n) is 1.16. The second-order valence-electron chi connectivity index (χ2n) is 2.99. The molecular formula is C10H8BrClN4. The third-order valence-electron chi connectivity index (χ3n) is 1.85. The molecule has 0 aromatic carbocycles. The van der Waals surface area contributed by atoms with Gasteiger partial charge in [0.1, 0.15) is 0 Å². The predicted molar refractivity (Wildman–Crippen MR) is 67.0 cm³/mol. The minimum atomic E-state index is 0.371. The van der Waals surface area contributed by atoms with E-state index < -0.39 is 0 Å². The van der Waals surface area contributed by atoms with Crippen molar-refractivity contribution in [2.45, 2.75) is 0 Å². The van der Waals surface area contributed by atoms with E-state index in [4.69, 9.17) is 11.6 Å². The highest BCUT2D eigenvalue weighted by molar-refractivity contribution is 9.09. The lowest BCUT2D eigenvalue weighted by Crippen LogP contribution is -1.98. The lowest BCUT2D eigenvalue weighted by molar-refractivity contribution is 0.814. The Morgan fingerprint density at radius 3 is 2.94 bits per heavy atom. The molecule has 0 fully saturated rings. The summed E-state index contributed by atoms with van der Waals surface area (Å²) in [5, 5.41) is 13.0. The first-order chi connectivity index (χ1) is 7.79. The quantitative estimate of drug-likeness (QED) is 0.819. The van der Waals surface area contributed by atoms with Gasteiger partial charge in [0.25, 0.3) is 0 Å². The van der Waals surface area contributed by atoms with Crippen LogP contribution in [0.5, 0.6) is 0 Å². The normalized spacial score (nSPS) is 11.1. The molecule has 2 aromatic heterocycles. The maximum absolute atomic E-state index is 5.65. The van der Waals surface area contributed by atoms with Gasteiger partial charge in [-0.25, -0.2) is 4.68 Å². The van der Waals surface area contributed by atoms with E-state index in [-0.39, 0.29) is 0 Å². The van der Waals surface area contributed by atoms with Gasteiger partial charge in [0.15, 0.2) is 11.0 Å². The molecule has 16 heavy (non-hydrogen) atoms. The maximum atomic E-state index is 5.65. The first kappa shape index (κ1) is 11.3. The smallest absolute Gasteiger partial charge is 0.175 e. The van der Waals surface area contributed by atoms with Crippen molar-refractivity contribution in [1.82, 2.24) is 20.0 Å². The molecule has 0 spiro atoms. The van der Waals surface area contributed by atoms with E-state index in [2.05, 4.69) is 31.2 Å². The highest BCUT2D eigenvalue weighted by Crippen LogP contribution is 2.08. The molecule has 0 amide bonds. The molecule has 6 heteroatoms. The van der Waals surface area contributed by atoms with Gasteiger partial charge in [-0.2, -0.15) is 5.10 Å². The molecule has 2 heterocycles. The number of halogens is 2. The number of allylic oxidation sites excluding steroid dienone is 1. The molecule has 82 valence electrons. The van der Waals surface area contributed by atoms with Gasteiger partial charge in [0.2, 0.25) is 0 Å². The summed E-state index contributed by atoms with van der Waals surface area (Å²) in [6.07, 6.45) is 7.60. The van der Waals surface area contributed by atoms with Crippen molar-refractivity contribution in [1.29, 1.82) is 0 Å². The highest BCUT2D eigenvalue weighted by Gasteiger charge is 2.00. The van der Waals surface area contributed by atoms with Crippen molar-refractivity contribution in [3.8, 4) is 5.82 Å². The third kappa shape index (κ3) is 2.68. The van der Waals surface area contributed by atoms with Crippen molar-refractivity contribution in [3.05, 3.63) is 41.3 Å². The van der Waals surface area contributed by atoms with Crippen molar-refractivity contribution >= 4 is 33.6 Å². The fourth-order valence-corrected chi connectivity index (χ4v) is 1.45. The third-order valence-corrected chi connectivity index (χ3v) is 2.43. The minimum absolute atomic E-state index is 0.371. The number of hydrogen-bond acceptors (Lipinski definition) is 3. The van der Waals surface area contributed by atoms with E-state index in [1.807, 2.05) is 18.3 Å². The Bertz CT molecular complexity index is 492. The number of rotatable bonds is 3. The van der Waals surface area contributed by atoms with Crippen LogP contribution in [0.3, 0.4) is 0 Å². The Labute approximate surface area is 106 Å². The topological polar surface area (TPSA) is 43.6 Å². The molecule has 2 aromatic rings. The molecule has 0 aliphatic rings. The van der Waals surface area contributed by atoms with E-state index in [0.29, 0.717) is 11.0 Å². The van der Waals surface area contributed by atoms with Gasteiger partial charge in [-0.1, -0.05) is 39.7 Å². The average molecular weight is 300 g/mol. The first-order valence-corrected chi connectivity index (χ1v) is 6.06. The SMILES string of the molecule is Clc1ccc(-n2cc(C=CCBr)cn2)nn1. The van der Waals surface area contributed by atoms with Crippen molar-refractivity contribution in [3.63, 3.8) is 0 Å². The largest absolute Gasteiger partial charge is 0.220 e. The Hall–Kier alpha value is -1.20. The van der Waals surface area contributed by atoms with Crippen LogP contribution in [0.2, 0.25) is 5.15 Å². The van der Waals surface area contributed by atoms with E-state index in [0.717, 1.165) is 10.9 Å². The summed E-state index contributed by atoms with van der Waals surface area (Å²) in [7, 11) is 0. The lowest BCUT2D eigenvalue weighted by Gasteiger charge is -1.97. The van der Waals surface area contributed by atoms with Gasteiger partial charge in [0, 0.05) is 17.1 Å². The molecule has 0 bridgehead atoms. The van der Waals surface area contributed by atoms with Crippen LogP contribution < -0.4 is 0 Å². The monoisotopic (exact) mass is 298 g/mol. The van der Waals surface area contributed by atoms with Crippen LogP contribution >= 0.6 is 27.5 Å². The van der Waals surface area contributed by atoms with Crippen LogP contribution in [0.4, 0.5) is 0 Å². The van der Waals surface area contributed by atoms with Gasteiger partial charge < -0.3 is 0 Å². The first-order valence-electron chi connectivity index (χ1n) is 4.56. The van der Waals surface area contributed by atoms with Crippen LogP contribution in [-0.2, 0) is 0 Å². The fraction of sp³-hybridized carbons (Fsp3) is 0.100. The summed E-state index contributed by atoms with van der Waals surface area (Å²) in [6, 6.07) is 3.44. The molecule has 2 rings (SSSR count). The second-order valence-corrected chi connectivity index (χ2v) is 4.02. The van der Waals surface area contributed by atoms with Crippen LogP contribution in [0.1, 0.15) is 5.56 Å². The number of alkyl halides is 1. The molecule has 0 saturated carbocycles. The zero-order valence-corrected chi connectivity index (χ0v) is 10.6. The molecular weight excluding hydrogens is 291 g/mol. The standard InChI is InChI=1S/C10H8BrClN4/c11-5-1-2-8-6-13-16(7-8)10-4-3-9(12)14-15-10/h1-4,6-7H,5H2. The lowest BCUT2D eigenvalue weighted by atomic mass is 10.3. The summed E-state index contributed by atoms with van der Waals surface area (Å²) in [4.78, 5) is 0. The van der Waals surface area contributed by atoms with Crippen LogP contribution in [0, 0.1) is 0 Å². The molecule has 4 nitrogen and oxygen atoms in total. The van der Waals surface area contributed by atoms with Crippen LogP contribution in [-0.4, -0.2) is 25.3 Å². The number of hydrogen-bond donors (Lipinski definition) is 0. The summed E-state index contributed by atoms with van der Waals surface area (Å²) in [6.45, 7) is 0.